The number of hydrogen-bond donors (Lipinski definition) is 0. The first kappa shape index (κ1) is 17.3. The lowest BCUT2D eigenvalue weighted by molar-refractivity contribution is -0.677. The average Bonchev–Trinajstić information content (AvgIpc) is 3.19. The Morgan fingerprint density at radius 1 is 0.852 bits per heavy atom. The summed E-state index contributed by atoms with van der Waals surface area (Å²) in [7, 11) is 6.95. The van der Waals surface area contributed by atoms with Gasteiger partial charge in [-0.2, -0.15) is 0 Å². The summed E-state index contributed by atoms with van der Waals surface area (Å²) < 4.78 is 29.7. The van der Waals surface area contributed by atoms with E-state index in [1.165, 1.54) is 0 Å². The molecular weight excluding hydrogens is 346 g/mol. The summed E-state index contributed by atoms with van der Waals surface area (Å²) in [6.45, 7) is 0.205. The third-order valence-corrected chi connectivity index (χ3v) is 4.89. The van der Waals surface area contributed by atoms with Gasteiger partial charge in [0.15, 0.2) is 34.9 Å². The van der Waals surface area contributed by atoms with Crippen LogP contribution in [0.4, 0.5) is 0 Å². The van der Waals surface area contributed by atoms with Gasteiger partial charge in [0.05, 0.1) is 33.1 Å². The average molecular weight is 368 g/mol. The third kappa shape index (κ3) is 2.87. The van der Waals surface area contributed by atoms with Crippen LogP contribution in [0.3, 0.4) is 0 Å². The largest absolute Gasteiger partial charge is 0.493 e. The number of aromatic nitrogens is 1. The Hall–Kier alpha value is -3.15. The van der Waals surface area contributed by atoms with Gasteiger partial charge in [-0.25, -0.2) is 4.57 Å². The van der Waals surface area contributed by atoms with Crippen molar-refractivity contribution in [3.05, 3.63) is 47.8 Å². The Labute approximate surface area is 157 Å². The standard InChI is InChI=1S/C21H22NO5/c1-22-8-7-14-15(11-19(25-4)21-20(14)26-12-27-21)16(22)9-13-5-6-17(23-2)18(10-13)24-3/h5-8,10-11H,9,12H2,1-4H3/q+1. The molecule has 0 saturated carbocycles. The van der Waals surface area contributed by atoms with Crippen LogP contribution in [0.25, 0.3) is 10.8 Å². The number of rotatable bonds is 5. The molecule has 140 valence electrons. The SMILES string of the molecule is COc1ccc(Cc2c3cc(OC)c4c(c3cc[n+]2C)OCO4)cc1OC. The van der Waals surface area contributed by atoms with E-state index in [-0.39, 0.29) is 6.79 Å². The van der Waals surface area contributed by atoms with Gasteiger partial charge < -0.3 is 23.7 Å². The Balaban J connectivity index is 1.85. The molecule has 27 heavy (non-hydrogen) atoms. The molecule has 0 spiro atoms. The van der Waals surface area contributed by atoms with Crippen LogP contribution in [-0.4, -0.2) is 28.1 Å². The predicted octanol–water partition coefficient (Wildman–Crippen LogP) is 3.01. The third-order valence-electron chi connectivity index (χ3n) is 4.89. The minimum atomic E-state index is 0.205. The van der Waals surface area contributed by atoms with Gasteiger partial charge in [0.25, 0.3) is 0 Å². The normalized spacial score (nSPS) is 12.3. The van der Waals surface area contributed by atoms with Crippen molar-refractivity contribution < 1.29 is 28.3 Å². The summed E-state index contributed by atoms with van der Waals surface area (Å²) in [5.41, 5.74) is 2.25. The maximum atomic E-state index is 5.72. The van der Waals surface area contributed by atoms with E-state index in [0.29, 0.717) is 23.0 Å². The maximum absolute atomic E-state index is 5.72. The minimum Gasteiger partial charge on any atom is -0.493 e. The molecule has 0 bridgehead atoms. The van der Waals surface area contributed by atoms with E-state index in [4.69, 9.17) is 23.7 Å². The van der Waals surface area contributed by atoms with Crippen LogP contribution in [0, 0.1) is 0 Å². The van der Waals surface area contributed by atoms with Crippen molar-refractivity contribution in [1.29, 1.82) is 0 Å². The molecule has 2 heterocycles. The molecule has 0 aliphatic carbocycles. The van der Waals surface area contributed by atoms with Crippen LogP contribution < -0.4 is 28.3 Å². The van der Waals surface area contributed by atoms with Gasteiger partial charge in [-0.05, 0) is 23.8 Å². The van der Waals surface area contributed by atoms with Gasteiger partial charge in [-0.3, -0.25) is 0 Å². The van der Waals surface area contributed by atoms with E-state index >= 15 is 0 Å². The zero-order valence-electron chi connectivity index (χ0n) is 15.9. The molecule has 0 unspecified atom stereocenters. The van der Waals surface area contributed by atoms with Gasteiger partial charge >= 0.3 is 0 Å². The highest BCUT2D eigenvalue weighted by atomic mass is 16.7. The summed E-state index contributed by atoms with van der Waals surface area (Å²) >= 11 is 0. The van der Waals surface area contributed by atoms with Gasteiger partial charge in [0, 0.05) is 11.5 Å². The zero-order valence-corrected chi connectivity index (χ0v) is 15.9. The van der Waals surface area contributed by atoms with Crippen molar-refractivity contribution in [3.63, 3.8) is 0 Å². The highest BCUT2D eigenvalue weighted by Crippen LogP contribution is 2.46. The van der Waals surface area contributed by atoms with Gasteiger partial charge in [-0.1, -0.05) is 6.07 Å². The van der Waals surface area contributed by atoms with Crippen molar-refractivity contribution in [3.8, 4) is 28.7 Å². The molecule has 0 N–H and O–H groups in total. The molecular formula is C21H22NO5+. The van der Waals surface area contributed by atoms with E-state index in [2.05, 4.69) is 4.57 Å². The number of methoxy groups -OCH3 is 3. The highest BCUT2D eigenvalue weighted by Gasteiger charge is 2.26. The summed E-state index contributed by atoms with van der Waals surface area (Å²) in [5.74, 6) is 3.51. The Morgan fingerprint density at radius 3 is 2.33 bits per heavy atom. The van der Waals surface area contributed by atoms with E-state index in [9.17, 15) is 0 Å². The first-order valence-corrected chi connectivity index (χ1v) is 8.65. The number of pyridine rings is 1. The topological polar surface area (TPSA) is 50.0 Å². The second-order valence-electron chi connectivity index (χ2n) is 6.34. The van der Waals surface area contributed by atoms with Crippen LogP contribution in [0.1, 0.15) is 11.3 Å². The van der Waals surface area contributed by atoms with Crippen molar-refractivity contribution >= 4 is 10.8 Å². The number of aryl methyl sites for hydroxylation is 1. The number of hydrogen-bond acceptors (Lipinski definition) is 5. The molecule has 0 atom stereocenters. The second-order valence-corrected chi connectivity index (χ2v) is 6.34. The summed E-state index contributed by atoms with van der Waals surface area (Å²) in [6.07, 6.45) is 2.75. The summed E-state index contributed by atoms with van der Waals surface area (Å²) in [4.78, 5) is 0. The number of ether oxygens (including phenoxy) is 5. The Morgan fingerprint density at radius 2 is 1.59 bits per heavy atom. The lowest BCUT2D eigenvalue weighted by Gasteiger charge is -2.12. The number of fused-ring (bicyclic) bond motifs is 3. The monoisotopic (exact) mass is 368 g/mol. The lowest BCUT2D eigenvalue weighted by Crippen LogP contribution is -2.33. The summed E-state index contributed by atoms with van der Waals surface area (Å²) in [6, 6.07) is 10.0. The molecule has 6 nitrogen and oxygen atoms in total. The molecule has 1 aromatic heterocycles. The van der Waals surface area contributed by atoms with Crippen molar-refractivity contribution in [2.75, 3.05) is 28.1 Å². The van der Waals surface area contributed by atoms with Crippen molar-refractivity contribution in [1.82, 2.24) is 0 Å². The first-order chi connectivity index (χ1) is 13.2. The van der Waals surface area contributed by atoms with Gasteiger partial charge in [-0.15, -0.1) is 0 Å². The van der Waals surface area contributed by atoms with Crippen LogP contribution in [0.2, 0.25) is 0 Å². The molecule has 4 rings (SSSR count). The fraction of sp³-hybridized carbons (Fsp3) is 0.286. The Kier molecular flexibility index (Phi) is 4.39. The quantitative estimate of drug-likeness (QED) is 0.648. The molecule has 0 fully saturated rings. The van der Waals surface area contributed by atoms with Crippen molar-refractivity contribution in [2.24, 2.45) is 7.05 Å². The predicted molar refractivity (Wildman–Crippen MR) is 100 cm³/mol. The lowest BCUT2D eigenvalue weighted by atomic mass is 10.0. The Bertz CT molecular complexity index is 1020. The molecule has 0 amide bonds. The fourth-order valence-electron chi connectivity index (χ4n) is 3.48. The molecule has 0 saturated heterocycles. The van der Waals surface area contributed by atoms with E-state index in [1.54, 1.807) is 21.3 Å². The maximum Gasteiger partial charge on any atom is 0.231 e. The number of benzene rings is 2. The zero-order chi connectivity index (χ0) is 19.0. The van der Waals surface area contributed by atoms with Crippen LogP contribution in [0.5, 0.6) is 28.7 Å². The second kappa shape index (κ2) is 6.87. The molecule has 3 aromatic rings. The molecule has 1 aliphatic heterocycles. The highest BCUT2D eigenvalue weighted by molar-refractivity contribution is 5.94. The van der Waals surface area contributed by atoms with Crippen LogP contribution in [-0.2, 0) is 13.5 Å². The fourth-order valence-corrected chi connectivity index (χ4v) is 3.48. The molecule has 2 aromatic carbocycles. The van der Waals surface area contributed by atoms with Crippen LogP contribution in [0.15, 0.2) is 36.5 Å². The first-order valence-electron chi connectivity index (χ1n) is 8.65. The number of nitrogens with zero attached hydrogens (tertiary/aromatic N) is 1. The van der Waals surface area contributed by atoms with E-state index in [1.807, 2.05) is 43.6 Å². The van der Waals surface area contributed by atoms with Crippen molar-refractivity contribution in [2.45, 2.75) is 6.42 Å². The van der Waals surface area contributed by atoms with E-state index in [0.717, 1.165) is 34.2 Å². The van der Waals surface area contributed by atoms with E-state index < -0.39 is 0 Å². The molecule has 1 aliphatic rings. The van der Waals surface area contributed by atoms with Crippen LogP contribution >= 0.6 is 0 Å². The summed E-state index contributed by atoms with van der Waals surface area (Å²) in [5, 5.41) is 2.08. The molecule has 6 heteroatoms. The minimum absolute atomic E-state index is 0.205. The van der Waals surface area contributed by atoms with Gasteiger partial charge in [0.2, 0.25) is 12.5 Å². The van der Waals surface area contributed by atoms with Gasteiger partial charge in [0.1, 0.15) is 7.05 Å². The molecule has 0 radical (unpaired) electrons. The smallest absolute Gasteiger partial charge is 0.231 e.